The largest absolute Gasteiger partial charge is 0.494 e. The van der Waals surface area contributed by atoms with Gasteiger partial charge in [0.2, 0.25) is 10.0 Å². The minimum Gasteiger partial charge on any atom is -0.494 e. The molecule has 1 aromatic carbocycles. The maximum absolute atomic E-state index is 13.5. The molecule has 0 aliphatic rings. The highest BCUT2D eigenvalue weighted by Gasteiger charge is 2.25. The van der Waals surface area contributed by atoms with E-state index in [0.29, 0.717) is 0 Å². The van der Waals surface area contributed by atoms with Gasteiger partial charge in [0.15, 0.2) is 11.6 Å². The van der Waals surface area contributed by atoms with Crippen molar-refractivity contribution in [2.75, 3.05) is 20.7 Å². The standard InChI is InChI=1S/C11H17FN2O3S.ClH/c1-8(7-13)14(2)18(15,16)9-4-5-11(17-3)10(12)6-9;/h4-6,8H,7,13H2,1-3H3;1H. The molecule has 0 bridgehead atoms. The van der Waals surface area contributed by atoms with Crippen LogP contribution in [0.5, 0.6) is 5.75 Å². The first-order valence-corrected chi connectivity index (χ1v) is 6.80. The molecule has 0 fully saturated rings. The van der Waals surface area contributed by atoms with Gasteiger partial charge in [-0.05, 0) is 25.1 Å². The number of likely N-dealkylation sites (N-methyl/N-ethyl adjacent to an activating group) is 1. The molecule has 0 heterocycles. The molecular weight excluding hydrogens is 295 g/mol. The van der Waals surface area contributed by atoms with Crippen molar-refractivity contribution in [3.63, 3.8) is 0 Å². The zero-order chi connectivity index (χ0) is 13.9. The molecule has 0 aliphatic carbocycles. The summed E-state index contributed by atoms with van der Waals surface area (Å²) in [6.07, 6.45) is 0. The number of ether oxygens (including phenoxy) is 1. The molecule has 8 heteroatoms. The summed E-state index contributed by atoms with van der Waals surface area (Å²) in [5.41, 5.74) is 5.42. The summed E-state index contributed by atoms with van der Waals surface area (Å²) in [6, 6.07) is 3.16. The molecule has 110 valence electrons. The fourth-order valence-electron chi connectivity index (χ4n) is 1.36. The zero-order valence-electron chi connectivity index (χ0n) is 11.0. The summed E-state index contributed by atoms with van der Waals surface area (Å²) in [5.74, 6) is -0.712. The van der Waals surface area contributed by atoms with Crippen LogP contribution in [-0.4, -0.2) is 39.5 Å². The van der Waals surface area contributed by atoms with Crippen LogP contribution in [0.15, 0.2) is 23.1 Å². The van der Waals surface area contributed by atoms with Gasteiger partial charge < -0.3 is 10.5 Å². The van der Waals surface area contributed by atoms with Gasteiger partial charge in [-0.25, -0.2) is 12.8 Å². The minimum absolute atomic E-state index is 0. The van der Waals surface area contributed by atoms with Gasteiger partial charge in [-0.3, -0.25) is 0 Å². The highest BCUT2D eigenvalue weighted by atomic mass is 35.5. The lowest BCUT2D eigenvalue weighted by Crippen LogP contribution is -2.39. The van der Waals surface area contributed by atoms with Crippen LogP contribution in [0, 0.1) is 5.82 Å². The van der Waals surface area contributed by atoms with Crippen molar-refractivity contribution in [3.8, 4) is 5.75 Å². The molecule has 0 spiro atoms. The first-order valence-electron chi connectivity index (χ1n) is 5.36. The minimum atomic E-state index is -3.74. The van der Waals surface area contributed by atoms with Gasteiger partial charge in [0.1, 0.15) is 0 Å². The number of hydrogen-bond donors (Lipinski definition) is 1. The molecule has 1 unspecified atom stereocenters. The second-order valence-corrected chi connectivity index (χ2v) is 5.90. The molecule has 0 aliphatic heterocycles. The lowest BCUT2D eigenvalue weighted by molar-refractivity contribution is 0.383. The second kappa shape index (κ2) is 7.04. The van der Waals surface area contributed by atoms with E-state index in [2.05, 4.69) is 0 Å². The van der Waals surface area contributed by atoms with E-state index < -0.39 is 15.8 Å². The van der Waals surface area contributed by atoms with E-state index in [4.69, 9.17) is 10.5 Å². The number of halogens is 2. The highest BCUT2D eigenvalue weighted by Crippen LogP contribution is 2.23. The summed E-state index contributed by atoms with van der Waals surface area (Å²) < 4.78 is 43.6. The van der Waals surface area contributed by atoms with Crippen LogP contribution in [0.25, 0.3) is 0 Å². The van der Waals surface area contributed by atoms with Gasteiger partial charge >= 0.3 is 0 Å². The fourth-order valence-corrected chi connectivity index (χ4v) is 2.74. The van der Waals surface area contributed by atoms with E-state index in [-0.39, 0.29) is 35.6 Å². The van der Waals surface area contributed by atoms with Crippen LogP contribution < -0.4 is 10.5 Å². The van der Waals surface area contributed by atoms with Crippen LogP contribution in [-0.2, 0) is 10.0 Å². The Morgan fingerprint density at radius 1 is 1.47 bits per heavy atom. The number of rotatable bonds is 5. The maximum Gasteiger partial charge on any atom is 0.243 e. The molecule has 1 rings (SSSR count). The van der Waals surface area contributed by atoms with Crippen molar-refractivity contribution < 1.29 is 17.5 Å². The Hall–Kier alpha value is -0.890. The molecule has 1 aromatic rings. The molecule has 0 saturated heterocycles. The average Bonchev–Trinajstić information content (AvgIpc) is 2.36. The van der Waals surface area contributed by atoms with Gasteiger partial charge in [-0.2, -0.15) is 4.31 Å². The van der Waals surface area contributed by atoms with E-state index in [1.54, 1.807) is 6.92 Å². The lowest BCUT2D eigenvalue weighted by atomic mass is 10.3. The van der Waals surface area contributed by atoms with Crippen molar-refractivity contribution in [3.05, 3.63) is 24.0 Å². The quantitative estimate of drug-likeness (QED) is 0.887. The summed E-state index contributed by atoms with van der Waals surface area (Å²) >= 11 is 0. The third kappa shape index (κ3) is 3.79. The van der Waals surface area contributed by atoms with E-state index in [1.165, 1.54) is 26.3 Å². The normalized spacial score (nSPS) is 12.9. The highest BCUT2D eigenvalue weighted by molar-refractivity contribution is 7.89. The number of nitrogens with two attached hydrogens (primary N) is 1. The van der Waals surface area contributed by atoms with Crippen molar-refractivity contribution >= 4 is 22.4 Å². The summed E-state index contributed by atoms with van der Waals surface area (Å²) in [4.78, 5) is -0.122. The Morgan fingerprint density at radius 3 is 2.47 bits per heavy atom. The molecule has 19 heavy (non-hydrogen) atoms. The predicted molar refractivity (Wildman–Crippen MR) is 73.7 cm³/mol. The number of hydrogen-bond acceptors (Lipinski definition) is 4. The number of nitrogens with zero attached hydrogens (tertiary/aromatic N) is 1. The number of sulfonamides is 1. The molecule has 1 atom stereocenters. The molecule has 0 amide bonds. The van der Waals surface area contributed by atoms with Crippen LogP contribution in [0.3, 0.4) is 0 Å². The molecule has 2 N–H and O–H groups in total. The van der Waals surface area contributed by atoms with Crippen LogP contribution in [0.4, 0.5) is 4.39 Å². The van der Waals surface area contributed by atoms with Gasteiger partial charge in [0.25, 0.3) is 0 Å². The zero-order valence-corrected chi connectivity index (χ0v) is 12.6. The smallest absolute Gasteiger partial charge is 0.243 e. The van der Waals surface area contributed by atoms with E-state index >= 15 is 0 Å². The first kappa shape index (κ1) is 18.1. The molecule has 5 nitrogen and oxygen atoms in total. The molecule has 0 saturated carbocycles. The van der Waals surface area contributed by atoms with Gasteiger partial charge in [0.05, 0.1) is 12.0 Å². The third-order valence-corrected chi connectivity index (χ3v) is 4.73. The fraction of sp³-hybridized carbons (Fsp3) is 0.455. The molecular formula is C11H18ClFN2O3S. The Balaban J connectivity index is 0.00000324. The van der Waals surface area contributed by atoms with Crippen LogP contribution in [0.2, 0.25) is 0 Å². The Kier molecular flexibility index (Phi) is 6.71. The van der Waals surface area contributed by atoms with Crippen molar-refractivity contribution in [1.29, 1.82) is 0 Å². The second-order valence-electron chi connectivity index (χ2n) is 3.90. The summed E-state index contributed by atoms with van der Waals surface area (Å²) in [5, 5.41) is 0. The van der Waals surface area contributed by atoms with E-state index in [0.717, 1.165) is 10.4 Å². The predicted octanol–water partition coefficient (Wildman–Crippen LogP) is 1.22. The van der Waals surface area contributed by atoms with Crippen molar-refractivity contribution in [2.24, 2.45) is 5.73 Å². The third-order valence-electron chi connectivity index (χ3n) is 2.76. The lowest BCUT2D eigenvalue weighted by Gasteiger charge is -2.23. The monoisotopic (exact) mass is 312 g/mol. The van der Waals surface area contributed by atoms with Crippen LogP contribution >= 0.6 is 12.4 Å². The van der Waals surface area contributed by atoms with Crippen molar-refractivity contribution in [2.45, 2.75) is 17.9 Å². The maximum atomic E-state index is 13.5. The summed E-state index contributed by atoms with van der Waals surface area (Å²) in [6.45, 7) is 1.87. The Labute approximate surface area is 119 Å². The summed E-state index contributed by atoms with van der Waals surface area (Å²) in [7, 11) is -1.01. The van der Waals surface area contributed by atoms with E-state index in [1.807, 2.05) is 0 Å². The first-order chi connectivity index (χ1) is 8.34. The topological polar surface area (TPSA) is 72.6 Å². The number of methoxy groups -OCH3 is 1. The molecule has 0 aromatic heterocycles. The molecule has 0 radical (unpaired) electrons. The van der Waals surface area contributed by atoms with Gasteiger partial charge in [0, 0.05) is 19.6 Å². The average molecular weight is 313 g/mol. The number of benzene rings is 1. The van der Waals surface area contributed by atoms with E-state index in [9.17, 15) is 12.8 Å². The van der Waals surface area contributed by atoms with Crippen LogP contribution in [0.1, 0.15) is 6.92 Å². The SMILES string of the molecule is COc1ccc(S(=O)(=O)N(C)C(C)CN)cc1F.Cl. The van der Waals surface area contributed by atoms with Crippen molar-refractivity contribution in [1.82, 2.24) is 4.31 Å². The Bertz CT molecular complexity index is 525. The van der Waals surface area contributed by atoms with Gasteiger partial charge in [-0.1, -0.05) is 0 Å². The Morgan fingerprint density at radius 2 is 2.05 bits per heavy atom. The van der Waals surface area contributed by atoms with Gasteiger partial charge in [-0.15, -0.1) is 12.4 Å².